The van der Waals surface area contributed by atoms with Crippen molar-refractivity contribution in [3.63, 3.8) is 0 Å². The zero-order valence-electron chi connectivity index (χ0n) is 13.2. The minimum absolute atomic E-state index is 0.209. The molecule has 0 aromatic rings. The summed E-state index contributed by atoms with van der Waals surface area (Å²) in [4.78, 5) is 10.3. The van der Waals surface area contributed by atoms with Gasteiger partial charge in [-0.2, -0.15) is 0 Å². The Balaban J connectivity index is 2.09. The summed E-state index contributed by atoms with van der Waals surface area (Å²) in [6, 6.07) is 0. The third-order valence-corrected chi connectivity index (χ3v) is 3.92. The van der Waals surface area contributed by atoms with Gasteiger partial charge in [0.2, 0.25) is 0 Å². The Labute approximate surface area is 135 Å². The molecule has 0 saturated carbocycles. The number of aliphatic hydroxyl groups excluding tert-OH is 4. The van der Waals surface area contributed by atoms with Crippen LogP contribution in [0.25, 0.3) is 0 Å². The van der Waals surface area contributed by atoms with Gasteiger partial charge in [-0.1, -0.05) is 25.7 Å². The Morgan fingerprint density at radius 2 is 1.52 bits per heavy atom. The molecule has 1 aliphatic heterocycles. The lowest BCUT2D eigenvalue weighted by atomic mass is 9.99. The van der Waals surface area contributed by atoms with Crippen molar-refractivity contribution in [2.45, 2.75) is 75.7 Å². The molecule has 0 bridgehead atoms. The van der Waals surface area contributed by atoms with Gasteiger partial charge in [0.25, 0.3) is 0 Å². The highest BCUT2D eigenvalue weighted by Crippen LogP contribution is 2.22. The van der Waals surface area contributed by atoms with Gasteiger partial charge in [-0.25, -0.2) is 0 Å². The summed E-state index contributed by atoms with van der Waals surface area (Å²) in [5.74, 6) is -0.766. The Hall–Kier alpha value is -0.770. The SMILES string of the molecule is O=C(O)CCCCCCCCO[C@H]1O[C@H](CO)[C@@H](O)[C@H](O)[C@H]1O. The van der Waals surface area contributed by atoms with Crippen LogP contribution in [0.2, 0.25) is 0 Å². The van der Waals surface area contributed by atoms with Gasteiger partial charge >= 0.3 is 5.97 Å². The number of hydrogen-bond acceptors (Lipinski definition) is 7. The van der Waals surface area contributed by atoms with Crippen molar-refractivity contribution in [1.29, 1.82) is 0 Å². The van der Waals surface area contributed by atoms with Crippen molar-refractivity contribution in [1.82, 2.24) is 0 Å². The Bertz CT molecular complexity index is 335. The van der Waals surface area contributed by atoms with E-state index in [9.17, 15) is 20.1 Å². The molecule has 5 atom stereocenters. The van der Waals surface area contributed by atoms with Gasteiger partial charge in [0.15, 0.2) is 6.29 Å². The van der Waals surface area contributed by atoms with E-state index in [1.807, 2.05) is 0 Å². The van der Waals surface area contributed by atoms with E-state index in [0.717, 1.165) is 32.1 Å². The highest BCUT2D eigenvalue weighted by atomic mass is 16.7. The van der Waals surface area contributed by atoms with Gasteiger partial charge in [-0.05, 0) is 12.8 Å². The van der Waals surface area contributed by atoms with Crippen molar-refractivity contribution in [2.24, 2.45) is 0 Å². The molecule has 1 saturated heterocycles. The van der Waals surface area contributed by atoms with E-state index in [1.165, 1.54) is 0 Å². The highest BCUT2D eigenvalue weighted by molar-refractivity contribution is 5.66. The molecule has 0 aliphatic carbocycles. The van der Waals surface area contributed by atoms with E-state index in [4.69, 9.17) is 19.7 Å². The molecule has 1 fully saturated rings. The number of ether oxygens (including phenoxy) is 2. The maximum Gasteiger partial charge on any atom is 0.303 e. The van der Waals surface area contributed by atoms with Crippen LogP contribution in [0.3, 0.4) is 0 Å². The lowest BCUT2D eigenvalue weighted by molar-refractivity contribution is -0.301. The average molecular weight is 336 g/mol. The van der Waals surface area contributed by atoms with Gasteiger partial charge in [-0.15, -0.1) is 0 Å². The number of rotatable bonds is 11. The maximum absolute atomic E-state index is 10.3. The first-order valence-electron chi connectivity index (χ1n) is 8.11. The summed E-state index contributed by atoms with van der Waals surface area (Å²) in [6.07, 6.45) is -0.793. The van der Waals surface area contributed by atoms with Crippen LogP contribution < -0.4 is 0 Å². The summed E-state index contributed by atoms with van der Waals surface area (Å²) in [5, 5.41) is 46.6. The molecule has 136 valence electrons. The van der Waals surface area contributed by atoms with Crippen LogP contribution in [0.5, 0.6) is 0 Å². The Morgan fingerprint density at radius 1 is 0.913 bits per heavy atom. The van der Waals surface area contributed by atoms with Crippen molar-refractivity contribution in [3.8, 4) is 0 Å². The number of hydrogen-bond donors (Lipinski definition) is 5. The molecule has 8 heteroatoms. The zero-order chi connectivity index (χ0) is 17.2. The number of carboxylic acid groups (broad SMARTS) is 1. The standard InChI is InChI=1S/C15H28O8/c16-9-10-12(19)13(20)14(21)15(23-10)22-8-6-4-2-1-3-5-7-11(17)18/h10,12-16,19-21H,1-9H2,(H,17,18)/t10-,12-,13+,14-,15+/m1/s1. The van der Waals surface area contributed by atoms with Gasteiger partial charge in [-0.3, -0.25) is 4.79 Å². The number of carbonyl (C=O) groups is 1. The summed E-state index contributed by atoms with van der Waals surface area (Å²) >= 11 is 0. The molecule has 1 rings (SSSR count). The summed E-state index contributed by atoms with van der Waals surface area (Å²) in [7, 11) is 0. The van der Waals surface area contributed by atoms with Gasteiger partial charge < -0.3 is 35.0 Å². The summed E-state index contributed by atoms with van der Waals surface area (Å²) in [5.41, 5.74) is 0. The number of aliphatic carboxylic acids is 1. The van der Waals surface area contributed by atoms with Crippen LogP contribution >= 0.6 is 0 Å². The van der Waals surface area contributed by atoms with E-state index < -0.39 is 43.3 Å². The molecular formula is C15H28O8. The van der Waals surface area contributed by atoms with E-state index in [1.54, 1.807) is 0 Å². The number of carboxylic acids is 1. The van der Waals surface area contributed by atoms with Crippen LogP contribution in [0.15, 0.2) is 0 Å². The second-order valence-corrected chi connectivity index (χ2v) is 5.83. The van der Waals surface area contributed by atoms with Gasteiger partial charge in [0.05, 0.1) is 6.61 Å². The lowest BCUT2D eigenvalue weighted by Gasteiger charge is -2.39. The molecule has 0 spiro atoms. The zero-order valence-corrected chi connectivity index (χ0v) is 13.2. The van der Waals surface area contributed by atoms with Crippen LogP contribution in [-0.4, -0.2) is 75.4 Å². The second-order valence-electron chi connectivity index (χ2n) is 5.83. The molecule has 1 heterocycles. The van der Waals surface area contributed by atoms with E-state index in [0.29, 0.717) is 13.0 Å². The summed E-state index contributed by atoms with van der Waals surface area (Å²) in [6.45, 7) is -0.140. The first kappa shape index (κ1) is 20.3. The van der Waals surface area contributed by atoms with Crippen molar-refractivity contribution in [3.05, 3.63) is 0 Å². The fourth-order valence-electron chi connectivity index (χ4n) is 2.49. The predicted octanol–water partition coefficient (Wildman–Crippen LogP) is -0.382. The summed E-state index contributed by atoms with van der Waals surface area (Å²) < 4.78 is 10.6. The minimum Gasteiger partial charge on any atom is -0.481 e. The largest absolute Gasteiger partial charge is 0.481 e. The molecule has 0 unspecified atom stereocenters. The molecule has 1 aliphatic rings. The van der Waals surface area contributed by atoms with E-state index in [2.05, 4.69) is 0 Å². The average Bonchev–Trinajstić information content (AvgIpc) is 2.52. The minimum atomic E-state index is -1.42. The number of unbranched alkanes of at least 4 members (excludes halogenated alkanes) is 5. The topological polar surface area (TPSA) is 137 Å². The van der Waals surface area contributed by atoms with E-state index >= 15 is 0 Å². The smallest absolute Gasteiger partial charge is 0.303 e. The third kappa shape index (κ3) is 7.11. The highest BCUT2D eigenvalue weighted by Gasteiger charge is 2.43. The Morgan fingerprint density at radius 3 is 2.13 bits per heavy atom. The van der Waals surface area contributed by atoms with E-state index in [-0.39, 0.29) is 6.42 Å². The molecule has 0 radical (unpaired) electrons. The van der Waals surface area contributed by atoms with Crippen molar-refractivity contribution >= 4 is 5.97 Å². The second kappa shape index (κ2) is 10.9. The van der Waals surface area contributed by atoms with Gasteiger partial charge in [0.1, 0.15) is 24.4 Å². The van der Waals surface area contributed by atoms with Crippen molar-refractivity contribution in [2.75, 3.05) is 13.2 Å². The molecule has 8 nitrogen and oxygen atoms in total. The normalized spacial score (nSPS) is 31.2. The first-order chi connectivity index (χ1) is 11.0. The molecule has 0 aromatic heterocycles. The van der Waals surface area contributed by atoms with Crippen molar-refractivity contribution < 1.29 is 39.8 Å². The van der Waals surface area contributed by atoms with Crippen LogP contribution in [0.1, 0.15) is 44.9 Å². The quantitative estimate of drug-likeness (QED) is 0.322. The monoisotopic (exact) mass is 336 g/mol. The lowest BCUT2D eigenvalue weighted by Crippen LogP contribution is -2.59. The Kier molecular flexibility index (Phi) is 9.61. The maximum atomic E-state index is 10.3. The first-order valence-corrected chi connectivity index (χ1v) is 8.11. The van der Waals surface area contributed by atoms with Crippen LogP contribution in [-0.2, 0) is 14.3 Å². The molecule has 0 aromatic carbocycles. The molecule has 5 N–H and O–H groups in total. The molecular weight excluding hydrogens is 308 g/mol. The molecule has 23 heavy (non-hydrogen) atoms. The van der Waals surface area contributed by atoms with Gasteiger partial charge in [0, 0.05) is 13.0 Å². The van der Waals surface area contributed by atoms with Crippen LogP contribution in [0, 0.1) is 0 Å². The third-order valence-electron chi connectivity index (χ3n) is 3.92. The van der Waals surface area contributed by atoms with Crippen LogP contribution in [0.4, 0.5) is 0 Å². The fraction of sp³-hybridized carbons (Fsp3) is 0.933. The molecule has 0 amide bonds. The fourth-order valence-corrected chi connectivity index (χ4v) is 2.49. The number of aliphatic hydroxyl groups is 4. The predicted molar refractivity (Wildman–Crippen MR) is 79.7 cm³/mol.